The number of anilines is 1. The lowest BCUT2D eigenvalue weighted by atomic mass is 9.97. The molecule has 26 heavy (non-hydrogen) atoms. The fourth-order valence-electron chi connectivity index (χ4n) is 2.98. The van der Waals surface area contributed by atoms with Crippen molar-refractivity contribution in [2.45, 2.75) is 13.0 Å². The van der Waals surface area contributed by atoms with Crippen LogP contribution in [0.3, 0.4) is 0 Å². The summed E-state index contributed by atoms with van der Waals surface area (Å²) in [5.41, 5.74) is 2.50. The molecule has 0 bridgehead atoms. The number of fused-ring (bicyclic) bond motifs is 1. The van der Waals surface area contributed by atoms with Crippen LogP contribution in [0, 0.1) is 0 Å². The van der Waals surface area contributed by atoms with Crippen molar-refractivity contribution in [1.29, 1.82) is 0 Å². The lowest BCUT2D eigenvalue weighted by Crippen LogP contribution is -2.33. The number of ether oxygens (including phenoxy) is 2. The first-order valence-corrected chi connectivity index (χ1v) is 7.99. The second kappa shape index (κ2) is 7.26. The second-order valence-corrected chi connectivity index (χ2v) is 5.68. The van der Waals surface area contributed by atoms with Crippen LogP contribution in [-0.2, 0) is 36.8 Å². The van der Waals surface area contributed by atoms with Gasteiger partial charge in [0.1, 0.15) is 5.70 Å². The number of nitrogens with zero attached hydrogens (tertiary/aromatic N) is 1. The monoisotopic (exact) mass is 354 g/mol. The van der Waals surface area contributed by atoms with E-state index in [0.717, 1.165) is 11.1 Å². The number of methoxy groups -OCH3 is 2. The molecule has 0 unspecified atom stereocenters. The Morgan fingerprint density at radius 2 is 1.88 bits per heavy atom. The number of hydrogen-bond donors (Lipinski definition) is 1. The molecule has 3 rings (SSSR count). The molecule has 0 aliphatic carbocycles. The van der Waals surface area contributed by atoms with Crippen LogP contribution in [0.4, 0.5) is 5.69 Å². The van der Waals surface area contributed by atoms with Gasteiger partial charge in [-0.15, -0.1) is 0 Å². The van der Waals surface area contributed by atoms with Gasteiger partial charge < -0.3 is 19.7 Å². The summed E-state index contributed by atoms with van der Waals surface area (Å²) in [5.74, 6) is -1.43. The van der Waals surface area contributed by atoms with Gasteiger partial charge in [-0.05, 0) is 29.3 Å². The summed E-state index contributed by atoms with van der Waals surface area (Å²) in [7, 11) is 2.49. The molecule has 1 amide bonds. The van der Waals surface area contributed by atoms with E-state index in [1.54, 1.807) is 29.3 Å². The normalized spacial score (nSPS) is 15.9. The molecule has 1 aromatic rings. The fourth-order valence-corrected chi connectivity index (χ4v) is 2.98. The van der Waals surface area contributed by atoms with Crippen LogP contribution in [-0.4, -0.2) is 32.1 Å². The molecule has 7 nitrogen and oxygen atoms in total. The van der Waals surface area contributed by atoms with Gasteiger partial charge in [-0.1, -0.05) is 18.2 Å². The lowest BCUT2D eigenvalue weighted by molar-refractivity contribution is -0.139. The number of allylic oxidation sites excluding steroid dienone is 2. The quantitative estimate of drug-likeness (QED) is 0.825. The van der Waals surface area contributed by atoms with Crippen molar-refractivity contribution in [3.63, 3.8) is 0 Å². The molecule has 7 heteroatoms. The molecule has 1 aromatic carbocycles. The average molecular weight is 354 g/mol. The standard InChI is InChI=1S/C19H18N2O5/c1-25-18(23)13-7-3-4-9-21(17(13)19(24)26-2)15-8-5-6-12-11-20-16(22)10-14(12)15/h3-9H,10-11H2,1-2H3,(H,20,22). The van der Waals surface area contributed by atoms with Crippen molar-refractivity contribution >= 4 is 23.5 Å². The van der Waals surface area contributed by atoms with Crippen molar-refractivity contribution in [3.8, 4) is 0 Å². The topological polar surface area (TPSA) is 84.9 Å². The zero-order valence-electron chi connectivity index (χ0n) is 14.4. The van der Waals surface area contributed by atoms with E-state index in [0.29, 0.717) is 12.2 Å². The van der Waals surface area contributed by atoms with E-state index < -0.39 is 11.9 Å². The van der Waals surface area contributed by atoms with Crippen LogP contribution in [0.5, 0.6) is 0 Å². The molecule has 0 spiro atoms. The zero-order valence-corrected chi connectivity index (χ0v) is 14.4. The number of amides is 1. The average Bonchev–Trinajstić information content (AvgIpc) is 2.89. The minimum absolute atomic E-state index is 0.0312. The van der Waals surface area contributed by atoms with Crippen LogP contribution in [0.2, 0.25) is 0 Å². The fraction of sp³-hybridized carbons (Fsp3) is 0.211. The van der Waals surface area contributed by atoms with Gasteiger partial charge in [0.15, 0.2) is 0 Å². The third-order valence-electron chi connectivity index (χ3n) is 4.21. The number of rotatable bonds is 3. The number of hydrogen-bond acceptors (Lipinski definition) is 6. The van der Waals surface area contributed by atoms with Crippen molar-refractivity contribution in [1.82, 2.24) is 5.32 Å². The van der Waals surface area contributed by atoms with Gasteiger partial charge in [-0.25, -0.2) is 9.59 Å². The molecule has 0 atom stereocenters. The van der Waals surface area contributed by atoms with Gasteiger partial charge in [0, 0.05) is 18.4 Å². The molecular weight excluding hydrogens is 336 g/mol. The molecule has 0 saturated heterocycles. The van der Waals surface area contributed by atoms with Gasteiger partial charge in [0.25, 0.3) is 0 Å². The van der Waals surface area contributed by atoms with Gasteiger partial charge in [0.2, 0.25) is 5.91 Å². The largest absolute Gasteiger partial charge is 0.465 e. The summed E-state index contributed by atoms with van der Waals surface area (Å²) in [5, 5.41) is 2.80. The zero-order chi connectivity index (χ0) is 18.7. The number of benzene rings is 1. The van der Waals surface area contributed by atoms with Gasteiger partial charge in [-0.3, -0.25) is 4.79 Å². The summed E-state index contributed by atoms with van der Waals surface area (Å²) in [6, 6.07) is 5.55. The third kappa shape index (κ3) is 3.11. The third-order valence-corrected chi connectivity index (χ3v) is 4.21. The Morgan fingerprint density at radius 3 is 2.62 bits per heavy atom. The first-order chi connectivity index (χ1) is 12.6. The highest BCUT2D eigenvalue weighted by Gasteiger charge is 2.30. The Bertz CT molecular complexity index is 867. The van der Waals surface area contributed by atoms with Crippen LogP contribution >= 0.6 is 0 Å². The smallest absolute Gasteiger partial charge is 0.355 e. The highest BCUT2D eigenvalue weighted by molar-refractivity contribution is 6.05. The molecule has 1 N–H and O–H groups in total. The first kappa shape index (κ1) is 17.5. The number of esters is 2. The van der Waals surface area contributed by atoms with E-state index in [4.69, 9.17) is 9.47 Å². The van der Waals surface area contributed by atoms with Gasteiger partial charge in [0.05, 0.1) is 26.2 Å². The lowest BCUT2D eigenvalue weighted by Gasteiger charge is -2.28. The highest BCUT2D eigenvalue weighted by Crippen LogP contribution is 2.32. The molecule has 134 valence electrons. The van der Waals surface area contributed by atoms with Crippen LogP contribution in [0.25, 0.3) is 0 Å². The minimum Gasteiger partial charge on any atom is -0.465 e. The predicted octanol–water partition coefficient (Wildman–Crippen LogP) is 1.35. The SMILES string of the molecule is COC(=O)C1=C(C(=O)OC)N(c2cccc3c2CC(=O)NC3)C=CC=C1. The Morgan fingerprint density at radius 1 is 1.12 bits per heavy atom. The van der Waals surface area contributed by atoms with Crippen LogP contribution in [0.15, 0.2) is 53.9 Å². The Labute approximate surface area is 150 Å². The van der Waals surface area contributed by atoms with Crippen molar-refractivity contribution < 1.29 is 23.9 Å². The maximum atomic E-state index is 12.5. The molecule has 2 aliphatic heterocycles. The van der Waals surface area contributed by atoms with Gasteiger partial charge in [-0.2, -0.15) is 0 Å². The van der Waals surface area contributed by atoms with Crippen molar-refractivity contribution in [3.05, 3.63) is 65.0 Å². The molecule has 2 heterocycles. The Balaban J connectivity index is 2.21. The van der Waals surface area contributed by atoms with E-state index in [1.807, 2.05) is 12.1 Å². The highest BCUT2D eigenvalue weighted by atomic mass is 16.5. The van der Waals surface area contributed by atoms with Crippen LogP contribution in [0.1, 0.15) is 11.1 Å². The summed E-state index contributed by atoms with van der Waals surface area (Å²) in [6.45, 7) is 0.416. The van der Waals surface area contributed by atoms with E-state index >= 15 is 0 Å². The Kier molecular flexibility index (Phi) is 4.88. The predicted molar refractivity (Wildman–Crippen MR) is 93.8 cm³/mol. The summed E-state index contributed by atoms with van der Waals surface area (Å²) < 4.78 is 9.70. The molecule has 0 radical (unpaired) electrons. The first-order valence-electron chi connectivity index (χ1n) is 7.99. The van der Waals surface area contributed by atoms with Crippen LogP contribution < -0.4 is 10.2 Å². The van der Waals surface area contributed by atoms with Gasteiger partial charge >= 0.3 is 11.9 Å². The van der Waals surface area contributed by atoms with E-state index in [2.05, 4.69) is 5.32 Å². The maximum Gasteiger partial charge on any atom is 0.355 e. The number of carbonyl (C=O) groups excluding carboxylic acids is 3. The van der Waals surface area contributed by atoms with E-state index in [-0.39, 0.29) is 23.6 Å². The number of nitrogens with one attached hydrogen (secondary N) is 1. The summed E-state index contributed by atoms with van der Waals surface area (Å²) in [4.78, 5) is 38.1. The molecule has 0 fully saturated rings. The summed E-state index contributed by atoms with van der Waals surface area (Å²) >= 11 is 0. The minimum atomic E-state index is -0.681. The maximum absolute atomic E-state index is 12.5. The van der Waals surface area contributed by atoms with Crippen molar-refractivity contribution in [2.24, 2.45) is 0 Å². The molecular formula is C19H18N2O5. The Hall–Kier alpha value is -3.35. The molecule has 0 aromatic heterocycles. The van der Waals surface area contributed by atoms with E-state index in [9.17, 15) is 14.4 Å². The van der Waals surface area contributed by atoms with E-state index in [1.165, 1.54) is 20.3 Å². The summed E-state index contributed by atoms with van der Waals surface area (Å²) in [6.07, 6.45) is 6.67. The second-order valence-electron chi connectivity index (χ2n) is 5.68. The molecule has 2 aliphatic rings. The number of carbonyl (C=O) groups is 3. The van der Waals surface area contributed by atoms with Crippen molar-refractivity contribution in [2.75, 3.05) is 19.1 Å². The molecule has 0 saturated carbocycles.